The average molecular weight is 254 g/mol. The molecule has 0 saturated carbocycles. The summed E-state index contributed by atoms with van der Waals surface area (Å²) in [5.74, 6) is -0.743. The van der Waals surface area contributed by atoms with Gasteiger partial charge in [-0.15, -0.1) is 0 Å². The summed E-state index contributed by atoms with van der Waals surface area (Å²) in [5.41, 5.74) is 0.364. The van der Waals surface area contributed by atoms with Gasteiger partial charge < -0.3 is 10.4 Å². The largest absolute Gasteiger partial charge is 0.480 e. The highest BCUT2D eigenvalue weighted by Crippen LogP contribution is 2.03. The van der Waals surface area contributed by atoms with Crippen molar-refractivity contribution in [2.75, 3.05) is 12.0 Å². The molecule has 92 valence electrons. The van der Waals surface area contributed by atoms with E-state index in [0.29, 0.717) is 17.7 Å². The summed E-state index contributed by atoms with van der Waals surface area (Å²) < 4.78 is 0. The number of carboxylic acid groups (broad SMARTS) is 1. The molecule has 1 aromatic heterocycles. The topological polar surface area (TPSA) is 79.3 Å². The fourth-order valence-electron chi connectivity index (χ4n) is 1.23. The van der Waals surface area contributed by atoms with Gasteiger partial charge in [0.2, 0.25) is 0 Å². The van der Waals surface area contributed by atoms with Crippen molar-refractivity contribution in [2.45, 2.75) is 12.5 Å². The number of thioether (sulfide) groups is 1. The quantitative estimate of drug-likeness (QED) is 0.792. The zero-order chi connectivity index (χ0) is 12.7. The first kappa shape index (κ1) is 13.5. The molecular weight excluding hydrogens is 240 g/mol. The van der Waals surface area contributed by atoms with E-state index in [1.54, 1.807) is 30.1 Å². The number of carbonyl (C=O) groups excluding carboxylic acids is 1. The first-order valence-electron chi connectivity index (χ1n) is 5.07. The van der Waals surface area contributed by atoms with Gasteiger partial charge in [-0.3, -0.25) is 9.78 Å². The predicted octanol–water partition coefficient (Wildman–Crippen LogP) is 1.02. The van der Waals surface area contributed by atoms with E-state index in [2.05, 4.69) is 10.3 Å². The highest BCUT2D eigenvalue weighted by Gasteiger charge is 2.19. The lowest BCUT2D eigenvalue weighted by Gasteiger charge is -2.13. The summed E-state index contributed by atoms with van der Waals surface area (Å²) in [7, 11) is 0. The van der Waals surface area contributed by atoms with Crippen molar-refractivity contribution in [2.24, 2.45) is 0 Å². The molecule has 0 radical (unpaired) electrons. The standard InChI is InChI=1S/C11H14N2O3S/c1-17-6-4-9(11(15)16)13-10(14)8-3-2-5-12-7-8/h2-3,5,7,9H,4,6H2,1H3,(H,13,14)(H,15,16). The molecular formula is C11H14N2O3S. The maximum absolute atomic E-state index is 11.7. The zero-order valence-electron chi connectivity index (χ0n) is 9.42. The fourth-order valence-corrected chi connectivity index (χ4v) is 1.70. The van der Waals surface area contributed by atoms with E-state index in [4.69, 9.17) is 5.11 Å². The van der Waals surface area contributed by atoms with Crippen LogP contribution in [0.4, 0.5) is 0 Å². The predicted molar refractivity (Wildman–Crippen MR) is 66.1 cm³/mol. The Balaban J connectivity index is 2.61. The number of amides is 1. The van der Waals surface area contributed by atoms with E-state index in [1.807, 2.05) is 6.26 Å². The van der Waals surface area contributed by atoms with Crippen molar-refractivity contribution in [3.05, 3.63) is 30.1 Å². The molecule has 0 spiro atoms. The third-order valence-electron chi connectivity index (χ3n) is 2.14. The minimum absolute atomic E-state index is 0.364. The molecule has 1 aromatic rings. The molecule has 0 fully saturated rings. The molecule has 0 bridgehead atoms. The van der Waals surface area contributed by atoms with E-state index in [9.17, 15) is 9.59 Å². The molecule has 0 saturated heterocycles. The van der Waals surface area contributed by atoms with Crippen molar-refractivity contribution < 1.29 is 14.7 Å². The Bertz CT molecular complexity index is 384. The second-order valence-corrected chi connectivity index (χ2v) is 4.37. The molecule has 2 N–H and O–H groups in total. The maximum atomic E-state index is 11.7. The first-order valence-corrected chi connectivity index (χ1v) is 6.47. The van der Waals surface area contributed by atoms with Gasteiger partial charge in [0.15, 0.2) is 0 Å². The van der Waals surface area contributed by atoms with Crippen LogP contribution in [-0.4, -0.2) is 40.0 Å². The summed E-state index contributed by atoms with van der Waals surface area (Å²) in [6.07, 6.45) is 5.26. The molecule has 1 heterocycles. The van der Waals surface area contributed by atoms with Gasteiger partial charge in [0.05, 0.1) is 5.56 Å². The molecule has 5 nitrogen and oxygen atoms in total. The molecule has 1 unspecified atom stereocenters. The van der Waals surface area contributed by atoms with Gasteiger partial charge in [-0.2, -0.15) is 11.8 Å². The van der Waals surface area contributed by atoms with Gasteiger partial charge in [-0.25, -0.2) is 4.79 Å². The number of hydrogen-bond donors (Lipinski definition) is 2. The Morgan fingerprint density at radius 1 is 1.59 bits per heavy atom. The van der Waals surface area contributed by atoms with Crippen LogP contribution in [0.2, 0.25) is 0 Å². The molecule has 6 heteroatoms. The normalized spacial score (nSPS) is 11.8. The highest BCUT2D eigenvalue weighted by atomic mass is 32.2. The monoisotopic (exact) mass is 254 g/mol. The van der Waals surface area contributed by atoms with Gasteiger partial charge in [-0.05, 0) is 30.6 Å². The number of carbonyl (C=O) groups is 2. The van der Waals surface area contributed by atoms with E-state index >= 15 is 0 Å². The lowest BCUT2D eigenvalue weighted by atomic mass is 10.2. The summed E-state index contributed by atoms with van der Waals surface area (Å²) in [4.78, 5) is 26.4. The van der Waals surface area contributed by atoms with Crippen LogP contribution in [0.25, 0.3) is 0 Å². The third-order valence-corrected chi connectivity index (χ3v) is 2.78. The number of nitrogens with one attached hydrogen (secondary N) is 1. The second kappa shape index (κ2) is 6.90. The van der Waals surface area contributed by atoms with Crippen LogP contribution >= 0.6 is 11.8 Å². The second-order valence-electron chi connectivity index (χ2n) is 3.39. The number of nitrogens with zero attached hydrogens (tertiary/aromatic N) is 1. The van der Waals surface area contributed by atoms with Crippen LogP contribution in [0, 0.1) is 0 Å². The molecule has 1 atom stereocenters. The highest BCUT2D eigenvalue weighted by molar-refractivity contribution is 7.98. The van der Waals surface area contributed by atoms with Crippen molar-refractivity contribution in [1.29, 1.82) is 0 Å². The number of hydrogen-bond acceptors (Lipinski definition) is 4. The van der Waals surface area contributed by atoms with Crippen molar-refractivity contribution in [3.8, 4) is 0 Å². The van der Waals surface area contributed by atoms with E-state index in [0.717, 1.165) is 0 Å². The number of aliphatic carboxylic acids is 1. The summed E-state index contributed by atoms with van der Waals surface area (Å²) in [5, 5.41) is 11.4. The number of pyridine rings is 1. The molecule has 0 aliphatic carbocycles. The lowest BCUT2D eigenvalue weighted by Crippen LogP contribution is -2.41. The Kier molecular flexibility index (Phi) is 5.48. The van der Waals surface area contributed by atoms with Crippen LogP contribution < -0.4 is 5.32 Å². The Morgan fingerprint density at radius 3 is 2.88 bits per heavy atom. The van der Waals surface area contributed by atoms with E-state index in [1.165, 1.54) is 6.20 Å². The van der Waals surface area contributed by atoms with Gasteiger partial charge in [0.25, 0.3) is 5.91 Å². The average Bonchev–Trinajstić information content (AvgIpc) is 2.35. The number of carboxylic acids is 1. The van der Waals surface area contributed by atoms with Crippen LogP contribution in [0.3, 0.4) is 0 Å². The Hall–Kier alpha value is -1.56. The molecule has 0 aromatic carbocycles. The third kappa shape index (κ3) is 4.44. The van der Waals surface area contributed by atoms with Crippen LogP contribution in [0.1, 0.15) is 16.8 Å². The van der Waals surface area contributed by atoms with Gasteiger partial charge >= 0.3 is 5.97 Å². The first-order chi connectivity index (χ1) is 8.15. The van der Waals surface area contributed by atoms with Gasteiger partial charge in [0, 0.05) is 12.4 Å². The fraction of sp³-hybridized carbons (Fsp3) is 0.364. The smallest absolute Gasteiger partial charge is 0.326 e. The molecule has 0 aliphatic heterocycles. The SMILES string of the molecule is CSCCC(NC(=O)c1cccnc1)C(=O)O. The van der Waals surface area contributed by atoms with Crippen molar-refractivity contribution >= 4 is 23.6 Å². The Morgan fingerprint density at radius 2 is 2.35 bits per heavy atom. The van der Waals surface area contributed by atoms with Crippen molar-refractivity contribution in [3.63, 3.8) is 0 Å². The zero-order valence-corrected chi connectivity index (χ0v) is 10.2. The Labute approximate surface area is 104 Å². The summed E-state index contributed by atoms with van der Waals surface area (Å²) in [6.45, 7) is 0. The van der Waals surface area contributed by atoms with E-state index in [-0.39, 0.29) is 0 Å². The minimum Gasteiger partial charge on any atom is -0.480 e. The molecule has 1 amide bonds. The maximum Gasteiger partial charge on any atom is 0.326 e. The summed E-state index contributed by atoms with van der Waals surface area (Å²) >= 11 is 1.54. The minimum atomic E-state index is -1.02. The van der Waals surface area contributed by atoms with Crippen molar-refractivity contribution in [1.82, 2.24) is 10.3 Å². The number of aromatic nitrogens is 1. The molecule has 0 aliphatic rings. The molecule has 17 heavy (non-hydrogen) atoms. The van der Waals surface area contributed by atoms with Crippen LogP contribution in [0.5, 0.6) is 0 Å². The summed E-state index contributed by atoms with van der Waals surface area (Å²) in [6, 6.07) is 2.37. The molecule has 1 rings (SSSR count). The van der Waals surface area contributed by atoms with Crippen LogP contribution in [-0.2, 0) is 4.79 Å². The van der Waals surface area contributed by atoms with Gasteiger partial charge in [-0.1, -0.05) is 0 Å². The van der Waals surface area contributed by atoms with Crippen LogP contribution in [0.15, 0.2) is 24.5 Å². The number of rotatable bonds is 6. The van der Waals surface area contributed by atoms with E-state index < -0.39 is 17.9 Å². The van der Waals surface area contributed by atoms with Gasteiger partial charge in [0.1, 0.15) is 6.04 Å². The lowest BCUT2D eigenvalue weighted by molar-refractivity contribution is -0.139.